The molecule has 0 amide bonds. The van der Waals surface area contributed by atoms with Gasteiger partial charge in [0, 0.05) is 5.69 Å². The first kappa shape index (κ1) is 22.4. The highest BCUT2D eigenvalue weighted by molar-refractivity contribution is 7.92. The number of anilines is 1. The van der Waals surface area contributed by atoms with Gasteiger partial charge in [0.1, 0.15) is 0 Å². The highest BCUT2D eigenvalue weighted by atomic mass is 32.2. The van der Waals surface area contributed by atoms with Gasteiger partial charge < -0.3 is 5.11 Å². The Morgan fingerprint density at radius 2 is 1.52 bits per heavy atom. The average Bonchev–Trinajstić information content (AvgIpc) is 2.73. The molecule has 0 unspecified atom stereocenters. The van der Waals surface area contributed by atoms with Crippen molar-refractivity contribution in [3.05, 3.63) is 95.1 Å². The molecule has 162 valence electrons. The fraction of sp³-hybridized carbons (Fsp3) is 0.136. The SMILES string of the molecule is O=C(O)c1cccc(CCc2ccc(NS(=O)(=O)c3cccc(C(F)(F)F)c3)cc2)c1. The molecule has 2 N–H and O–H groups in total. The van der Waals surface area contributed by atoms with Gasteiger partial charge in [0.2, 0.25) is 0 Å². The maximum absolute atomic E-state index is 12.8. The molecule has 0 saturated heterocycles. The largest absolute Gasteiger partial charge is 0.478 e. The monoisotopic (exact) mass is 449 g/mol. The summed E-state index contributed by atoms with van der Waals surface area (Å²) < 4.78 is 65.7. The van der Waals surface area contributed by atoms with E-state index in [9.17, 15) is 26.4 Å². The molecule has 0 aliphatic rings. The number of hydrogen-bond donors (Lipinski definition) is 2. The summed E-state index contributed by atoms with van der Waals surface area (Å²) in [6, 6.07) is 16.6. The van der Waals surface area contributed by atoms with Gasteiger partial charge in [-0.15, -0.1) is 0 Å². The molecule has 0 spiro atoms. The van der Waals surface area contributed by atoms with Crippen LogP contribution in [0.5, 0.6) is 0 Å². The fourth-order valence-electron chi connectivity index (χ4n) is 2.94. The van der Waals surface area contributed by atoms with Crippen LogP contribution in [-0.4, -0.2) is 19.5 Å². The first-order valence-electron chi connectivity index (χ1n) is 9.16. The molecule has 31 heavy (non-hydrogen) atoms. The summed E-state index contributed by atoms with van der Waals surface area (Å²) in [7, 11) is -4.18. The van der Waals surface area contributed by atoms with Crippen molar-refractivity contribution in [1.29, 1.82) is 0 Å². The topological polar surface area (TPSA) is 83.5 Å². The predicted octanol–water partition coefficient (Wildman–Crippen LogP) is 4.99. The normalized spacial score (nSPS) is 11.8. The standard InChI is InChI=1S/C22H18F3NO4S/c23-22(24,25)18-5-2-6-20(14-18)31(29,30)26-19-11-9-15(10-12-19)7-8-16-3-1-4-17(13-16)21(27)28/h1-6,9-14,26H,7-8H2,(H,27,28). The van der Waals surface area contributed by atoms with Gasteiger partial charge in [-0.2, -0.15) is 13.2 Å². The highest BCUT2D eigenvalue weighted by Crippen LogP contribution is 2.31. The molecule has 0 atom stereocenters. The molecule has 0 fully saturated rings. The smallest absolute Gasteiger partial charge is 0.416 e. The highest BCUT2D eigenvalue weighted by Gasteiger charge is 2.31. The van der Waals surface area contributed by atoms with Crippen LogP contribution in [0.1, 0.15) is 27.0 Å². The molecule has 3 rings (SSSR count). The number of halogens is 3. The van der Waals surface area contributed by atoms with Crippen LogP contribution in [-0.2, 0) is 29.0 Å². The van der Waals surface area contributed by atoms with E-state index in [1.165, 1.54) is 18.2 Å². The van der Waals surface area contributed by atoms with E-state index in [1.54, 1.807) is 24.3 Å². The van der Waals surface area contributed by atoms with Crippen LogP contribution >= 0.6 is 0 Å². The number of carbonyl (C=O) groups is 1. The zero-order valence-corrected chi connectivity index (χ0v) is 16.9. The maximum Gasteiger partial charge on any atom is 0.416 e. The first-order chi connectivity index (χ1) is 14.5. The van der Waals surface area contributed by atoms with E-state index in [1.807, 2.05) is 6.07 Å². The summed E-state index contributed by atoms with van der Waals surface area (Å²) in [5.74, 6) is -1.00. The van der Waals surface area contributed by atoms with Gasteiger partial charge in [-0.3, -0.25) is 4.72 Å². The van der Waals surface area contributed by atoms with Gasteiger partial charge in [0.25, 0.3) is 10.0 Å². The van der Waals surface area contributed by atoms with E-state index in [4.69, 9.17) is 5.11 Å². The lowest BCUT2D eigenvalue weighted by molar-refractivity contribution is -0.137. The predicted molar refractivity (Wildman–Crippen MR) is 110 cm³/mol. The van der Waals surface area contributed by atoms with E-state index >= 15 is 0 Å². The third kappa shape index (κ3) is 5.85. The summed E-state index contributed by atoms with van der Waals surface area (Å²) in [5.41, 5.74) is 1.13. The minimum Gasteiger partial charge on any atom is -0.478 e. The molecule has 0 saturated carbocycles. The zero-order chi connectivity index (χ0) is 22.6. The second-order valence-corrected chi connectivity index (χ2v) is 8.52. The Morgan fingerprint density at radius 3 is 2.16 bits per heavy atom. The summed E-state index contributed by atoms with van der Waals surface area (Å²) in [4.78, 5) is 10.6. The van der Waals surface area contributed by atoms with E-state index in [0.29, 0.717) is 18.9 Å². The number of carboxylic acid groups (broad SMARTS) is 1. The van der Waals surface area contributed by atoms with Crippen LogP contribution in [0.4, 0.5) is 18.9 Å². The second kappa shape index (κ2) is 8.81. The molecule has 0 aromatic heterocycles. The molecule has 0 heterocycles. The van der Waals surface area contributed by atoms with Gasteiger partial charge in [0.15, 0.2) is 0 Å². The van der Waals surface area contributed by atoms with Crippen molar-refractivity contribution in [3.63, 3.8) is 0 Å². The minimum absolute atomic E-state index is 0.205. The number of sulfonamides is 1. The molecule has 0 aliphatic carbocycles. The van der Waals surface area contributed by atoms with Gasteiger partial charge in [-0.05, 0) is 66.4 Å². The Hall–Kier alpha value is -3.33. The van der Waals surface area contributed by atoms with Crippen molar-refractivity contribution >= 4 is 21.7 Å². The third-order valence-electron chi connectivity index (χ3n) is 4.55. The van der Waals surface area contributed by atoms with Crippen molar-refractivity contribution in [3.8, 4) is 0 Å². The van der Waals surface area contributed by atoms with E-state index < -0.39 is 32.6 Å². The third-order valence-corrected chi connectivity index (χ3v) is 5.93. The Labute approximate surface area is 177 Å². The van der Waals surface area contributed by atoms with Crippen LogP contribution in [0.25, 0.3) is 0 Å². The molecule has 9 heteroatoms. The summed E-state index contributed by atoms with van der Waals surface area (Å²) >= 11 is 0. The van der Waals surface area contributed by atoms with Crippen LogP contribution in [0.2, 0.25) is 0 Å². The molecular weight excluding hydrogens is 431 g/mol. The van der Waals surface area contributed by atoms with Gasteiger partial charge in [-0.1, -0.05) is 30.3 Å². The quantitative estimate of drug-likeness (QED) is 0.532. The van der Waals surface area contributed by atoms with Crippen molar-refractivity contribution < 1.29 is 31.5 Å². The Morgan fingerprint density at radius 1 is 0.871 bits per heavy atom. The summed E-state index contributed by atoms with van der Waals surface area (Å²) in [6.45, 7) is 0. The number of rotatable bonds is 7. The Balaban J connectivity index is 1.68. The Kier molecular flexibility index (Phi) is 6.35. The lowest BCUT2D eigenvalue weighted by Gasteiger charge is -2.11. The van der Waals surface area contributed by atoms with Crippen LogP contribution in [0.3, 0.4) is 0 Å². The van der Waals surface area contributed by atoms with Gasteiger partial charge in [0.05, 0.1) is 16.0 Å². The number of aryl methyl sites for hydroxylation is 2. The lowest BCUT2D eigenvalue weighted by Crippen LogP contribution is -2.14. The van der Waals surface area contributed by atoms with E-state index in [0.717, 1.165) is 29.3 Å². The molecule has 5 nitrogen and oxygen atoms in total. The maximum atomic E-state index is 12.8. The average molecular weight is 449 g/mol. The summed E-state index contributed by atoms with van der Waals surface area (Å²) in [6.07, 6.45) is -3.45. The van der Waals surface area contributed by atoms with Gasteiger partial charge >= 0.3 is 12.1 Å². The summed E-state index contributed by atoms with van der Waals surface area (Å²) in [5, 5.41) is 9.04. The number of alkyl halides is 3. The van der Waals surface area contributed by atoms with Crippen molar-refractivity contribution in [2.75, 3.05) is 4.72 Å². The van der Waals surface area contributed by atoms with Crippen molar-refractivity contribution in [1.82, 2.24) is 0 Å². The Bertz CT molecular complexity index is 1190. The zero-order valence-electron chi connectivity index (χ0n) is 16.1. The molecule has 0 aliphatic heterocycles. The number of carboxylic acids is 1. The first-order valence-corrected chi connectivity index (χ1v) is 10.6. The van der Waals surface area contributed by atoms with Crippen LogP contribution < -0.4 is 4.72 Å². The molecular formula is C22H18F3NO4S. The van der Waals surface area contributed by atoms with E-state index in [2.05, 4.69) is 4.72 Å². The molecule has 3 aromatic carbocycles. The van der Waals surface area contributed by atoms with Gasteiger partial charge in [-0.25, -0.2) is 13.2 Å². The number of aromatic carboxylic acids is 1. The molecule has 0 radical (unpaired) electrons. The minimum atomic E-state index is -4.64. The number of benzene rings is 3. The van der Waals surface area contributed by atoms with Crippen LogP contribution in [0.15, 0.2) is 77.7 Å². The molecule has 3 aromatic rings. The lowest BCUT2D eigenvalue weighted by atomic mass is 10.0. The number of hydrogen-bond acceptors (Lipinski definition) is 3. The van der Waals surface area contributed by atoms with Crippen molar-refractivity contribution in [2.45, 2.75) is 23.9 Å². The second-order valence-electron chi connectivity index (χ2n) is 6.83. The van der Waals surface area contributed by atoms with E-state index in [-0.39, 0.29) is 11.3 Å². The molecule has 0 bridgehead atoms. The van der Waals surface area contributed by atoms with Crippen molar-refractivity contribution in [2.24, 2.45) is 0 Å². The van der Waals surface area contributed by atoms with Crippen LogP contribution in [0, 0.1) is 0 Å². The number of nitrogens with one attached hydrogen (secondary N) is 1. The fourth-order valence-corrected chi connectivity index (χ4v) is 4.05.